The molecule has 1 amide bonds. The molecule has 22 heavy (non-hydrogen) atoms. The van der Waals surface area contributed by atoms with Crippen molar-refractivity contribution in [2.24, 2.45) is 0 Å². The number of benzene rings is 2. The van der Waals surface area contributed by atoms with E-state index in [0.29, 0.717) is 5.69 Å². The summed E-state index contributed by atoms with van der Waals surface area (Å²) in [5.74, 6) is -0.482. The molecule has 0 aliphatic carbocycles. The number of nitrogens with zero attached hydrogens (tertiary/aromatic N) is 4. The van der Waals surface area contributed by atoms with Gasteiger partial charge >= 0.3 is 0 Å². The molecule has 0 fully saturated rings. The highest BCUT2D eigenvalue weighted by atomic mass is 19.1. The number of carbonyl (C=O) groups is 1. The van der Waals surface area contributed by atoms with Gasteiger partial charge in [0, 0.05) is 5.69 Å². The van der Waals surface area contributed by atoms with E-state index < -0.39 is 0 Å². The number of hydrogen-bond acceptors (Lipinski definition) is 4. The fourth-order valence-corrected chi connectivity index (χ4v) is 1.97. The second-order valence-electron chi connectivity index (χ2n) is 4.65. The van der Waals surface area contributed by atoms with Crippen LogP contribution in [0, 0.1) is 5.82 Å². The van der Waals surface area contributed by atoms with Gasteiger partial charge in [-0.1, -0.05) is 12.1 Å². The van der Waals surface area contributed by atoms with E-state index in [9.17, 15) is 9.18 Å². The van der Waals surface area contributed by atoms with E-state index in [1.165, 1.54) is 23.1 Å². The molecular formula is C15H12FN5O. The SMILES string of the molecule is O=C(Cc1ccc(F)cc1)Nc1ccc(-n2cnnn2)cc1. The Morgan fingerprint density at radius 3 is 2.45 bits per heavy atom. The molecule has 2 aromatic carbocycles. The van der Waals surface area contributed by atoms with Crippen LogP contribution in [0.1, 0.15) is 5.56 Å². The summed E-state index contributed by atoms with van der Waals surface area (Å²) in [5, 5.41) is 13.7. The van der Waals surface area contributed by atoms with Crippen molar-refractivity contribution < 1.29 is 9.18 Å². The lowest BCUT2D eigenvalue weighted by atomic mass is 10.1. The zero-order valence-electron chi connectivity index (χ0n) is 11.5. The number of aromatic nitrogens is 4. The standard InChI is InChI=1S/C15H12FN5O/c16-12-3-1-11(2-4-12)9-15(22)18-13-5-7-14(8-6-13)21-10-17-19-20-21/h1-8,10H,9H2,(H,18,22). The summed E-state index contributed by atoms with van der Waals surface area (Å²) in [6.07, 6.45) is 1.68. The molecule has 0 aliphatic rings. The summed E-state index contributed by atoms with van der Waals surface area (Å²) in [7, 11) is 0. The number of amides is 1. The smallest absolute Gasteiger partial charge is 0.228 e. The number of anilines is 1. The summed E-state index contributed by atoms with van der Waals surface area (Å²) in [4.78, 5) is 11.9. The van der Waals surface area contributed by atoms with Gasteiger partial charge in [0.25, 0.3) is 0 Å². The maximum Gasteiger partial charge on any atom is 0.228 e. The van der Waals surface area contributed by atoms with Gasteiger partial charge in [0.2, 0.25) is 5.91 Å². The minimum absolute atomic E-state index is 0.165. The van der Waals surface area contributed by atoms with Crippen molar-refractivity contribution in [3.05, 3.63) is 66.2 Å². The van der Waals surface area contributed by atoms with Gasteiger partial charge in [-0.15, -0.1) is 5.10 Å². The fraction of sp³-hybridized carbons (Fsp3) is 0.0667. The zero-order chi connectivity index (χ0) is 15.4. The van der Waals surface area contributed by atoms with Gasteiger partial charge in [-0.25, -0.2) is 9.07 Å². The topological polar surface area (TPSA) is 72.7 Å². The third kappa shape index (κ3) is 3.32. The average molecular weight is 297 g/mol. The third-order valence-corrected chi connectivity index (χ3v) is 3.04. The first-order chi connectivity index (χ1) is 10.7. The van der Waals surface area contributed by atoms with E-state index in [-0.39, 0.29) is 18.1 Å². The van der Waals surface area contributed by atoms with Crippen LogP contribution >= 0.6 is 0 Å². The molecule has 3 aromatic rings. The Balaban J connectivity index is 1.63. The Morgan fingerprint density at radius 2 is 1.82 bits per heavy atom. The van der Waals surface area contributed by atoms with Crippen LogP contribution in [0.4, 0.5) is 10.1 Å². The first kappa shape index (κ1) is 13.9. The fourth-order valence-electron chi connectivity index (χ4n) is 1.97. The van der Waals surface area contributed by atoms with Crippen LogP contribution in [0.5, 0.6) is 0 Å². The normalized spacial score (nSPS) is 10.4. The van der Waals surface area contributed by atoms with Crippen LogP contribution in [0.3, 0.4) is 0 Å². The molecule has 0 bridgehead atoms. The molecule has 0 saturated heterocycles. The van der Waals surface area contributed by atoms with Gasteiger partial charge < -0.3 is 5.32 Å². The van der Waals surface area contributed by atoms with Crippen molar-refractivity contribution in [3.63, 3.8) is 0 Å². The molecule has 1 heterocycles. The van der Waals surface area contributed by atoms with E-state index in [1.54, 1.807) is 36.4 Å². The zero-order valence-corrected chi connectivity index (χ0v) is 11.5. The number of hydrogen-bond donors (Lipinski definition) is 1. The lowest BCUT2D eigenvalue weighted by Gasteiger charge is -2.06. The highest BCUT2D eigenvalue weighted by Gasteiger charge is 2.05. The van der Waals surface area contributed by atoms with Gasteiger partial charge in [-0.3, -0.25) is 4.79 Å². The van der Waals surface area contributed by atoms with Crippen LogP contribution in [-0.2, 0) is 11.2 Å². The third-order valence-electron chi connectivity index (χ3n) is 3.04. The van der Waals surface area contributed by atoms with Gasteiger partial charge in [0.05, 0.1) is 12.1 Å². The quantitative estimate of drug-likeness (QED) is 0.799. The first-order valence-electron chi connectivity index (χ1n) is 6.58. The summed E-state index contributed by atoms with van der Waals surface area (Å²) in [6.45, 7) is 0. The Bertz CT molecular complexity index is 754. The van der Waals surface area contributed by atoms with Gasteiger partial charge in [-0.05, 0) is 52.4 Å². The van der Waals surface area contributed by atoms with Crippen molar-refractivity contribution in [1.82, 2.24) is 20.2 Å². The van der Waals surface area contributed by atoms with E-state index in [4.69, 9.17) is 0 Å². The maximum absolute atomic E-state index is 12.8. The number of rotatable bonds is 4. The highest BCUT2D eigenvalue weighted by Crippen LogP contribution is 2.12. The molecule has 0 spiro atoms. The lowest BCUT2D eigenvalue weighted by Crippen LogP contribution is -2.14. The largest absolute Gasteiger partial charge is 0.326 e. The first-order valence-corrected chi connectivity index (χ1v) is 6.58. The predicted octanol–water partition coefficient (Wildman–Crippen LogP) is 1.98. The second-order valence-corrected chi connectivity index (χ2v) is 4.65. The van der Waals surface area contributed by atoms with E-state index in [1.807, 2.05) is 0 Å². The lowest BCUT2D eigenvalue weighted by molar-refractivity contribution is -0.115. The van der Waals surface area contributed by atoms with Crippen LogP contribution in [0.25, 0.3) is 5.69 Å². The number of carbonyl (C=O) groups excluding carboxylic acids is 1. The number of nitrogens with one attached hydrogen (secondary N) is 1. The molecule has 0 radical (unpaired) electrons. The molecule has 0 atom stereocenters. The minimum Gasteiger partial charge on any atom is -0.326 e. The van der Waals surface area contributed by atoms with Crippen molar-refractivity contribution in [2.75, 3.05) is 5.32 Å². The average Bonchev–Trinajstić information content (AvgIpc) is 3.05. The number of tetrazole rings is 1. The number of halogens is 1. The van der Waals surface area contributed by atoms with Crippen LogP contribution in [0.2, 0.25) is 0 Å². The second kappa shape index (κ2) is 6.13. The molecule has 0 saturated carbocycles. The highest BCUT2D eigenvalue weighted by molar-refractivity contribution is 5.92. The molecule has 1 N–H and O–H groups in total. The molecule has 6 nitrogen and oxygen atoms in total. The summed E-state index contributed by atoms with van der Waals surface area (Å²) < 4.78 is 14.3. The molecule has 0 aliphatic heterocycles. The maximum atomic E-state index is 12.8. The molecule has 7 heteroatoms. The molecule has 3 rings (SSSR count). The molecule has 1 aromatic heterocycles. The van der Waals surface area contributed by atoms with Gasteiger partial charge in [-0.2, -0.15) is 0 Å². The summed E-state index contributed by atoms with van der Waals surface area (Å²) in [6, 6.07) is 13.0. The minimum atomic E-state index is -0.317. The van der Waals surface area contributed by atoms with E-state index in [2.05, 4.69) is 20.8 Å². The van der Waals surface area contributed by atoms with Crippen LogP contribution in [0.15, 0.2) is 54.9 Å². The molecule has 110 valence electrons. The van der Waals surface area contributed by atoms with Crippen molar-refractivity contribution in [1.29, 1.82) is 0 Å². The summed E-state index contributed by atoms with van der Waals surface area (Å²) >= 11 is 0. The van der Waals surface area contributed by atoms with Crippen LogP contribution in [-0.4, -0.2) is 26.1 Å². The predicted molar refractivity (Wildman–Crippen MR) is 77.9 cm³/mol. The van der Waals surface area contributed by atoms with E-state index >= 15 is 0 Å². The van der Waals surface area contributed by atoms with Gasteiger partial charge in [0.15, 0.2) is 0 Å². The molecule has 0 unspecified atom stereocenters. The Kier molecular flexibility index (Phi) is 3.86. The van der Waals surface area contributed by atoms with E-state index in [0.717, 1.165) is 11.3 Å². The van der Waals surface area contributed by atoms with Crippen molar-refractivity contribution in [3.8, 4) is 5.69 Å². The van der Waals surface area contributed by atoms with Crippen molar-refractivity contribution in [2.45, 2.75) is 6.42 Å². The Morgan fingerprint density at radius 1 is 1.09 bits per heavy atom. The summed E-state index contributed by atoms with van der Waals surface area (Å²) in [5.41, 5.74) is 2.22. The van der Waals surface area contributed by atoms with Crippen LogP contribution < -0.4 is 5.32 Å². The monoisotopic (exact) mass is 297 g/mol. The molecular weight excluding hydrogens is 285 g/mol. The van der Waals surface area contributed by atoms with Crippen molar-refractivity contribution >= 4 is 11.6 Å². The Hall–Kier alpha value is -3.09. The Labute approximate surface area is 125 Å². The van der Waals surface area contributed by atoms with Gasteiger partial charge in [0.1, 0.15) is 12.1 Å².